The molecule has 1 atom stereocenters. The number of imidazole rings is 1. The molecule has 1 rings (SSSR count). The lowest BCUT2D eigenvalue weighted by Gasteiger charge is -2.15. The van der Waals surface area contributed by atoms with Crippen LogP contribution in [0.25, 0.3) is 0 Å². The first-order valence-electron chi connectivity index (χ1n) is 5.72. The Morgan fingerprint density at radius 2 is 2.38 bits per heavy atom. The van der Waals surface area contributed by atoms with Gasteiger partial charge < -0.3 is 9.30 Å². The van der Waals surface area contributed by atoms with Gasteiger partial charge in [-0.1, -0.05) is 13.3 Å². The smallest absolute Gasteiger partial charge is 0.302 e. The number of ether oxygens (including phenoxy) is 1. The van der Waals surface area contributed by atoms with Crippen LogP contribution in [0.1, 0.15) is 32.4 Å². The molecule has 0 aromatic carbocycles. The molecular formula is C12H20N2O2. The van der Waals surface area contributed by atoms with Crippen molar-refractivity contribution in [1.29, 1.82) is 0 Å². The summed E-state index contributed by atoms with van der Waals surface area (Å²) in [5.41, 5.74) is 1.19. The van der Waals surface area contributed by atoms with Crippen molar-refractivity contribution in [2.24, 2.45) is 13.0 Å². The Morgan fingerprint density at radius 1 is 1.62 bits per heavy atom. The molecule has 90 valence electrons. The first-order chi connectivity index (χ1) is 7.63. The summed E-state index contributed by atoms with van der Waals surface area (Å²) in [6.45, 7) is 4.10. The number of hydrogen-bond donors (Lipinski definition) is 0. The molecule has 0 aliphatic carbocycles. The molecule has 0 aliphatic rings. The van der Waals surface area contributed by atoms with Gasteiger partial charge >= 0.3 is 5.97 Å². The Morgan fingerprint density at radius 3 is 2.88 bits per heavy atom. The third-order valence-corrected chi connectivity index (χ3v) is 2.63. The molecule has 1 heterocycles. The molecule has 0 spiro atoms. The lowest BCUT2D eigenvalue weighted by atomic mass is 9.99. The number of aromatic nitrogens is 2. The highest BCUT2D eigenvalue weighted by Crippen LogP contribution is 2.14. The Hall–Kier alpha value is -1.32. The zero-order valence-electron chi connectivity index (χ0n) is 10.3. The molecule has 0 radical (unpaired) electrons. The van der Waals surface area contributed by atoms with Crippen molar-refractivity contribution in [2.45, 2.75) is 33.1 Å². The summed E-state index contributed by atoms with van der Waals surface area (Å²) in [5, 5.41) is 0. The zero-order valence-corrected chi connectivity index (χ0v) is 10.3. The van der Waals surface area contributed by atoms with Crippen molar-refractivity contribution in [1.82, 2.24) is 9.55 Å². The van der Waals surface area contributed by atoms with Crippen molar-refractivity contribution in [3.05, 3.63) is 18.2 Å². The zero-order chi connectivity index (χ0) is 12.0. The van der Waals surface area contributed by atoms with E-state index in [9.17, 15) is 4.79 Å². The van der Waals surface area contributed by atoms with Crippen LogP contribution >= 0.6 is 0 Å². The normalized spacial score (nSPS) is 12.4. The monoisotopic (exact) mass is 224 g/mol. The van der Waals surface area contributed by atoms with E-state index in [4.69, 9.17) is 4.74 Å². The maximum Gasteiger partial charge on any atom is 0.302 e. The highest BCUT2D eigenvalue weighted by molar-refractivity contribution is 5.65. The number of rotatable bonds is 6. The molecule has 1 aromatic heterocycles. The average molecular weight is 224 g/mol. The Kier molecular flexibility index (Phi) is 5.02. The van der Waals surface area contributed by atoms with E-state index in [0.717, 1.165) is 19.3 Å². The van der Waals surface area contributed by atoms with Gasteiger partial charge in [0, 0.05) is 25.9 Å². The molecule has 0 aliphatic heterocycles. The van der Waals surface area contributed by atoms with Crippen LogP contribution in [0.5, 0.6) is 0 Å². The van der Waals surface area contributed by atoms with Crippen LogP contribution in [0.4, 0.5) is 0 Å². The molecule has 4 nitrogen and oxygen atoms in total. The molecule has 0 saturated carbocycles. The number of carbonyl (C=O) groups is 1. The van der Waals surface area contributed by atoms with Crippen LogP contribution in [0.3, 0.4) is 0 Å². The van der Waals surface area contributed by atoms with Gasteiger partial charge in [-0.25, -0.2) is 4.98 Å². The predicted molar refractivity (Wildman–Crippen MR) is 61.9 cm³/mol. The Bertz CT molecular complexity index is 334. The second-order valence-electron chi connectivity index (χ2n) is 4.16. The Labute approximate surface area is 96.6 Å². The topological polar surface area (TPSA) is 44.1 Å². The number of carbonyl (C=O) groups excluding carboxylic acids is 1. The van der Waals surface area contributed by atoms with Crippen molar-refractivity contribution < 1.29 is 9.53 Å². The molecule has 16 heavy (non-hydrogen) atoms. The molecule has 0 saturated heterocycles. The van der Waals surface area contributed by atoms with Gasteiger partial charge in [-0.15, -0.1) is 0 Å². The van der Waals surface area contributed by atoms with Crippen LogP contribution in [0, 0.1) is 5.92 Å². The second-order valence-corrected chi connectivity index (χ2v) is 4.16. The molecule has 0 N–H and O–H groups in total. The highest BCUT2D eigenvalue weighted by Gasteiger charge is 2.12. The number of hydrogen-bond acceptors (Lipinski definition) is 3. The maximum absolute atomic E-state index is 10.8. The van der Waals surface area contributed by atoms with E-state index in [-0.39, 0.29) is 5.97 Å². The average Bonchev–Trinajstić information content (AvgIpc) is 2.61. The maximum atomic E-state index is 10.8. The van der Waals surface area contributed by atoms with Gasteiger partial charge in [0.15, 0.2) is 0 Å². The van der Waals surface area contributed by atoms with Crippen LogP contribution < -0.4 is 0 Å². The van der Waals surface area contributed by atoms with Gasteiger partial charge in [0.2, 0.25) is 0 Å². The summed E-state index contributed by atoms with van der Waals surface area (Å²) in [7, 11) is 1.98. The van der Waals surface area contributed by atoms with E-state index in [0.29, 0.717) is 12.5 Å². The van der Waals surface area contributed by atoms with Gasteiger partial charge in [-0.05, 0) is 18.8 Å². The summed E-state index contributed by atoms with van der Waals surface area (Å²) in [4.78, 5) is 14.9. The number of esters is 1. The molecule has 0 fully saturated rings. The summed E-state index contributed by atoms with van der Waals surface area (Å²) < 4.78 is 7.09. The van der Waals surface area contributed by atoms with E-state index in [1.165, 1.54) is 12.6 Å². The fraction of sp³-hybridized carbons (Fsp3) is 0.667. The van der Waals surface area contributed by atoms with Crippen molar-refractivity contribution in [3.8, 4) is 0 Å². The minimum Gasteiger partial charge on any atom is -0.466 e. The number of nitrogens with zero attached hydrogens (tertiary/aromatic N) is 2. The van der Waals surface area contributed by atoms with Gasteiger partial charge in [0.05, 0.1) is 12.9 Å². The standard InChI is InChI=1S/C12H20N2O2/c1-4-5-11(8-16-10(2)15)6-12-7-13-9-14(12)3/h7,9,11H,4-6,8H2,1-3H3. The van der Waals surface area contributed by atoms with Gasteiger partial charge in [-0.3, -0.25) is 4.79 Å². The third kappa shape index (κ3) is 4.04. The van der Waals surface area contributed by atoms with Crippen LogP contribution in [0.2, 0.25) is 0 Å². The van der Waals surface area contributed by atoms with E-state index < -0.39 is 0 Å². The minimum absolute atomic E-state index is 0.203. The molecule has 0 bridgehead atoms. The first-order valence-corrected chi connectivity index (χ1v) is 5.72. The quantitative estimate of drug-likeness (QED) is 0.694. The van der Waals surface area contributed by atoms with Crippen LogP contribution in [-0.2, 0) is 23.0 Å². The lowest BCUT2D eigenvalue weighted by molar-refractivity contribution is -0.142. The summed E-state index contributed by atoms with van der Waals surface area (Å²) in [5.74, 6) is 0.190. The van der Waals surface area contributed by atoms with Gasteiger partial charge in [-0.2, -0.15) is 0 Å². The van der Waals surface area contributed by atoms with E-state index >= 15 is 0 Å². The molecule has 1 aromatic rings. The first kappa shape index (κ1) is 12.7. The lowest BCUT2D eigenvalue weighted by Crippen LogP contribution is -2.16. The molecule has 1 unspecified atom stereocenters. The fourth-order valence-electron chi connectivity index (χ4n) is 1.76. The highest BCUT2D eigenvalue weighted by atomic mass is 16.5. The van der Waals surface area contributed by atoms with Crippen molar-refractivity contribution >= 4 is 5.97 Å². The summed E-state index contributed by atoms with van der Waals surface area (Å²) >= 11 is 0. The van der Waals surface area contributed by atoms with Gasteiger partial charge in [0.1, 0.15) is 0 Å². The minimum atomic E-state index is -0.203. The number of aryl methyl sites for hydroxylation is 1. The Balaban J connectivity index is 2.50. The fourth-order valence-corrected chi connectivity index (χ4v) is 1.76. The SMILES string of the molecule is CCCC(COC(C)=O)Cc1cncn1C. The molecule has 4 heteroatoms. The van der Waals surface area contributed by atoms with E-state index in [2.05, 4.69) is 11.9 Å². The van der Waals surface area contributed by atoms with Crippen LogP contribution in [0.15, 0.2) is 12.5 Å². The van der Waals surface area contributed by atoms with E-state index in [1.54, 1.807) is 6.33 Å². The van der Waals surface area contributed by atoms with E-state index in [1.807, 2.05) is 17.8 Å². The second kappa shape index (κ2) is 6.30. The summed E-state index contributed by atoms with van der Waals surface area (Å²) in [6, 6.07) is 0. The van der Waals surface area contributed by atoms with Crippen LogP contribution in [-0.4, -0.2) is 22.1 Å². The summed E-state index contributed by atoms with van der Waals surface area (Å²) in [6.07, 6.45) is 6.75. The van der Waals surface area contributed by atoms with Gasteiger partial charge in [0.25, 0.3) is 0 Å². The van der Waals surface area contributed by atoms with Crippen molar-refractivity contribution in [2.75, 3.05) is 6.61 Å². The third-order valence-electron chi connectivity index (χ3n) is 2.63. The predicted octanol–water partition coefficient (Wildman–Crippen LogP) is 1.94. The van der Waals surface area contributed by atoms with Crippen molar-refractivity contribution in [3.63, 3.8) is 0 Å². The molecule has 0 amide bonds. The molecular weight excluding hydrogens is 204 g/mol. The largest absolute Gasteiger partial charge is 0.466 e.